The first-order chi connectivity index (χ1) is 4.70. The lowest BCUT2D eigenvalue weighted by molar-refractivity contribution is -0.137. The molecule has 3 N–H and O–H groups in total. The molecule has 56 valence electrons. The predicted octanol–water partition coefficient (Wildman–Crippen LogP) is -2.01. The fourth-order valence-corrected chi connectivity index (χ4v) is 0.480. The van der Waals surface area contributed by atoms with Crippen molar-refractivity contribution in [2.75, 3.05) is 13.2 Å². The van der Waals surface area contributed by atoms with Crippen LogP contribution in [0.4, 0.5) is 0 Å². The smallest absolute Gasteiger partial charge is 0.309 e. The van der Waals surface area contributed by atoms with E-state index >= 15 is 0 Å². The molecule has 0 aromatic heterocycles. The Labute approximate surface area is 57.5 Å². The molecule has 2 amide bonds. The van der Waals surface area contributed by atoms with E-state index in [-0.39, 0.29) is 6.10 Å². The first kappa shape index (κ1) is 7.01. The second-order valence-electron chi connectivity index (χ2n) is 2.03. The van der Waals surface area contributed by atoms with Gasteiger partial charge in [0.25, 0.3) is 0 Å². The second-order valence-corrected chi connectivity index (χ2v) is 2.03. The minimum atomic E-state index is -0.958. The topological polar surface area (TPSA) is 84.7 Å². The van der Waals surface area contributed by atoms with E-state index in [1.54, 1.807) is 0 Å². The molecule has 1 heterocycles. The van der Waals surface area contributed by atoms with Gasteiger partial charge in [-0.15, -0.1) is 0 Å². The number of carbonyl (C=O) groups is 2. The van der Waals surface area contributed by atoms with Gasteiger partial charge in [-0.1, -0.05) is 0 Å². The monoisotopic (exact) mass is 144 g/mol. The highest BCUT2D eigenvalue weighted by molar-refractivity contribution is 6.34. The molecule has 0 spiro atoms. The first-order valence-corrected chi connectivity index (χ1v) is 2.89. The van der Waals surface area contributed by atoms with Crippen LogP contribution in [-0.2, 0) is 14.3 Å². The van der Waals surface area contributed by atoms with Crippen LogP contribution < -0.4 is 11.1 Å². The molecule has 1 aliphatic heterocycles. The van der Waals surface area contributed by atoms with E-state index in [1.807, 2.05) is 0 Å². The predicted molar refractivity (Wildman–Crippen MR) is 31.9 cm³/mol. The minimum Gasteiger partial charge on any atom is -0.371 e. The molecule has 1 fully saturated rings. The molecule has 0 aromatic carbocycles. The Kier molecular flexibility index (Phi) is 1.86. The van der Waals surface area contributed by atoms with Crippen LogP contribution in [0.2, 0.25) is 0 Å². The molecule has 0 radical (unpaired) electrons. The molecule has 1 saturated heterocycles. The number of amides is 2. The van der Waals surface area contributed by atoms with Gasteiger partial charge in [0, 0.05) is 6.54 Å². The van der Waals surface area contributed by atoms with E-state index in [0.29, 0.717) is 13.2 Å². The Hall–Kier alpha value is -1.10. The SMILES string of the molecule is NC(=O)C(=O)NCC1CO1. The van der Waals surface area contributed by atoms with Gasteiger partial charge < -0.3 is 15.8 Å². The molecule has 0 bridgehead atoms. The third-order valence-corrected chi connectivity index (χ3v) is 1.12. The number of hydrogen-bond acceptors (Lipinski definition) is 3. The Balaban J connectivity index is 2.11. The van der Waals surface area contributed by atoms with Gasteiger partial charge in [-0.25, -0.2) is 0 Å². The Morgan fingerprint density at radius 3 is 2.70 bits per heavy atom. The van der Waals surface area contributed by atoms with E-state index in [4.69, 9.17) is 4.74 Å². The number of epoxide rings is 1. The Morgan fingerprint density at radius 1 is 1.70 bits per heavy atom. The molecular weight excluding hydrogens is 136 g/mol. The largest absolute Gasteiger partial charge is 0.371 e. The van der Waals surface area contributed by atoms with Crippen molar-refractivity contribution in [3.8, 4) is 0 Å². The van der Waals surface area contributed by atoms with Crippen LogP contribution in [0.1, 0.15) is 0 Å². The average molecular weight is 144 g/mol. The summed E-state index contributed by atoms with van der Waals surface area (Å²) in [5.41, 5.74) is 4.65. The highest BCUT2D eigenvalue weighted by Crippen LogP contribution is 2.05. The molecule has 1 rings (SSSR count). The number of carbonyl (C=O) groups excluding carboxylic acids is 2. The molecule has 0 saturated carbocycles. The van der Waals surface area contributed by atoms with E-state index in [1.165, 1.54) is 0 Å². The molecule has 10 heavy (non-hydrogen) atoms. The summed E-state index contributed by atoms with van der Waals surface area (Å²) >= 11 is 0. The summed E-state index contributed by atoms with van der Waals surface area (Å²) in [4.78, 5) is 20.5. The quantitative estimate of drug-likeness (QED) is 0.347. The normalized spacial score (nSPS) is 21.8. The Morgan fingerprint density at radius 2 is 2.30 bits per heavy atom. The molecule has 5 nitrogen and oxygen atoms in total. The maximum absolute atomic E-state index is 10.4. The van der Waals surface area contributed by atoms with Gasteiger partial charge in [-0.05, 0) is 0 Å². The molecule has 0 aliphatic carbocycles. The number of rotatable bonds is 2. The zero-order valence-corrected chi connectivity index (χ0v) is 5.29. The van der Waals surface area contributed by atoms with Crippen molar-refractivity contribution in [2.45, 2.75) is 6.10 Å². The van der Waals surface area contributed by atoms with Gasteiger partial charge in [0.05, 0.1) is 12.7 Å². The van der Waals surface area contributed by atoms with Gasteiger partial charge >= 0.3 is 11.8 Å². The summed E-state index contributed by atoms with van der Waals surface area (Å²) in [5, 5.41) is 2.31. The van der Waals surface area contributed by atoms with E-state index in [9.17, 15) is 9.59 Å². The van der Waals surface area contributed by atoms with Gasteiger partial charge in [-0.3, -0.25) is 9.59 Å². The van der Waals surface area contributed by atoms with Crippen LogP contribution in [-0.4, -0.2) is 31.1 Å². The number of ether oxygens (including phenoxy) is 1. The average Bonchev–Trinajstić information content (AvgIpc) is 2.64. The van der Waals surface area contributed by atoms with Crippen LogP contribution in [0, 0.1) is 0 Å². The summed E-state index contributed by atoms with van der Waals surface area (Å²) in [7, 11) is 0. The van der Waals surface area contributed by atoms with Crippen LogP contribution in [0.5, 0.6) is 0 Å². The standard InChI is InChI=1S/C5H8N2O3/c6-4(8)5(9)7-1-3-2-10-3/h3H,1-2H2,(H2,6,8)(H,7,9). The lowest BCUT2D eigenvalue weighted by Gasteiger charge is -1.96. The van der Waals surface area contributed by atoms with Crippen LogP contribution in [0.3, 0.4) is 0 Å². The zero-order valence-electron chi connectivity index (χ0n) is 5.29. The van der Waals surface area contributed by atoms with Crippen LogP contribution in [0.15, 0.2) is 0 Å². The molecule has 1 unspecified atom stereocenters. The summed E-state index contributed by atoms with van der Waals surface area (Å²) in [6.45, 7) is 1.03. The highest BCUT2D eigenvalue weighted by Gasteiger charge is 2.23. The summed E-state index contributed by atoms with van der Waals surface area (Å²) in [6.07, 6.45) is 0.0864. The third-order valence-electron chi connectivity index (χ3n) is 1.12. The first-order valence-electron chi connectivity index (χ1n) is 2.89. The van der Waals surface area contributed by atoms with Crippen molar-refractivity contribution >= 4 is 11.8 Å². The van der Waals surface area contributed by atoms with Crippen LogP contribution >= 0.6 is 0 Å². The molecule has 1 aliphatic rings. The number of hydrogen-bond donors (Lipinski definition) is 2. The number of primary amides is 1. The molecule has 5 heteroatoms. The summed E-state index contributed by atoms with van der Waals surface area (Å²) < 4.78 is 4.77. The zero-order chi connectivity index (χ0) is 7.56. The van der Waals surface area contributed by atoms with Gasteiger partial charge in [0.15, 0.2) is 0 Å². The number of nitrogens with one attached hydrogen (secondary N) is 1. The van der Waals surface area contributed by atoms with Crippen molar-refractivity contribution in [2.24, 2.45) is 5.73 Å². The molecular formula is C5H8N2O3. The maximum atomic E-state index is 10.4. The van der Waals surface area contributed by atoms with Crippen molar-refractivity contribution < 1.29 is 14.3 Å². The van der Waals surface area contributed by atoms with Gasteiger partial charge in [0.2, 0.25) is 0 Å². The highest BCUT2D eigenvalue weighted by atomic mass is 16.6. The van der Waals surface area contributed by atoms with Crippen molar-refractivity contribution in [1.29, 1.82) is 0 Å². The summed E-state index contributed by atoms with van der Waals surface area (Å²) in [6, 6.07) is 0. The van der Waals surface area contributed by atoms with Crippen molar-refractivity contribution in [3.63, 3.8) is 0 Å². The van der Waals surface area contributed by atoms with Crippen LogP contribution in [0.25, 0.3) is 0 Å². The molecule has 0 aromatic rings. The second kappa shape index (κ2) is 2.66. The fourth-order valence-electron chi connectivity index (χ4n) is 0.480. The van der Waals surface area contributed by atoms with Gasteiger partial charge in [-0.2, -0.15) is 0 Å². The van der Waals surface area contributed by atoms with Crippen molar-refractivity contribution in [3.05, 3.63) is 0 Å². The summed E-state index contributed by atoms with van der Waals surface area (Å²) in [5.74, 6) is -1.71. The Bertz CT molecular complexity index is 164. The maximum Gasteiger partial charge on any atom is 0.309 e. The van der Waals surface area contributed by atoms with Crippen molar-refractivity contribution in [1.82, 2.24) is 5.32 Å². The lowest BCUT2D eigenvalue weighted by Crippen LogP contribution is -2.37. The van der Waals surface area contributed by atoms with E-state index < -0.39 is 11.8 Å². The lowest BCUT2D eigenvalue weighted by atomic mass is 10.4. The van der Waals surface area contributed by atoms with Gasteiger partial charge in [0.1, 0.15) is 0 Å². The number of nitrogens with two attached hydrogens (primary N) is 1. The van der Waals surface area contributed by atoms with E-state index in [0.717, 1.165) is 0 Å². The molecule has 1 atom stereocenters. The third kappa shape index (κ3) is 2.02. The van der Waals surface area contributed by atoms with E-state index in [2.05, 4.69) is 11.1 Å². The fraction of sp³-hybridized carbons (Fsp3) is 0.600. The minimum absolute atomic E-state index is 0.0864.